The normalized spacial score (nSPS) is 15.1. The molecule has 1 aromatic carbocycles. The van der Waals surface area contributed by atoms with E-state index in [-0.39, 0.29) is 5.75 Å². The predicted octanol–water partition coefficient (Wildman–Crippen LogP) is 1.60. The maximum Gasteiger partial charge on any atom is 0.121 e. The van der Waals surface area contributed by atoms with Gasteiger partial charge in [0, 0.05) is 12.7 Å². The van der Waals surface area contributed by atoms with Gasteiger partial charge in [-0.3, -0.25) is 0 Å². The number of hydrogen-bond acceptors (Lipinski definition) is 3. The SMILES string of the molecule is COC(C)(CCN)c1ccccc1O. The number of ether oxygens (including phenoxy) is 1. The second-order valence-electron chi connectivity index (χ2n) is 3.49. The van der Waals surface area contributed by atoms with E-state index in [0.717, 1.165) is 5.56 Å². The second kappa shape index (κ2) is 4.44. The molecule has 3 N–H and O–H groups in total. The van der Waals surface area contributed by atoms with Crippen LogP contribution in [0.25, 0.3) is 0 Å². The molecule has 0 saturated carbocycles. The Kier molecular flexibility index (Phi) is 3.49. The average molecular weight is 195 g/mol. The van der Waals surface area contributed by atoms with Gasteiger partial charge in [-0.15, -0.1) is 0 Å². The highest BCUT2D eigenvalue weighted by Crippen LogP contribution is 2.33. The van der Waals surface area contributed by atoms with Gasteiger partial charge in [-0.1, -0.05) is 18.2 Å². The zero-order valence-electron chi connectivity index (χ0n) is 8.66. The van der Waals surface area contributed by atoms with Crippen molar-refractivity contribution in [3.63, 3.8) is 0 Å². The predicted molar refractivity (Wildman–Crippen MR) is 56.1 cm³/mol. The van der Waals surface area contributed by atoms with E-state index in [1.165, 1.54) is 0 Å². The standard InChI is InChI=1S/C11H17NO2/c1-11(14-2,7-8-12)9-5-3-4-6-10(9)13/h3-6,13H,7-8,12H2,1-2H3. The minimum atomic E-state index is -0.500. The Morgan fingerprint density at radius 3 is 2.57 bits per heavy atom. The van der Waals surface area contributed by atoms with Gasteiger partial charge in [0.2, 0.25) is 0 Å². The number of rotatable bonds is 4. The van der Waals surface area contributed by atoms with Gasteiger partial charge >= 0.3 is 0 Å². The Hall–Kier alpha value is -1.06. The first kappa shape index (κ1) is 11.0. The fourth-order valence-corrected chi connectivity index (χ4v) is 1.54. The molecular weight excluding hydrogens is 178 g/mol. The zero-order chi connectivity index (χ0) is 10.6. The van der Waals surface area contributed by atoms with Crippen molar-refractivity contribution in [3.05, 3.63) is 29.8 Å². The highest BCUT2D eigenvalue weighted by molar-refractivity contribution is 5.36. The van der Waals surface area contributed by atoms with Gasteiger partial charge < -0.3 is 15.6 Å². The molecule has 3 heteroatoms. The molecule has 0 aliphatic rings. The maximum absolute atomic E-state index is 9.68. The molecule has 0 aliphatic heterocycles. The van der Waals surface area contributed by atoms with Crippen LogP contribution in [-0.4, -0.2) is 18.8 Å². The molecule has 1 rings (SSSR count). The number of phenols is 1. The summed E-state index contributed by atoms with van der Waals surface area (Å²) >= 11 is 0. The Morgan fingerprint density at radius 1 is 1.43 bits per heavy atom. The van der Waals surface area contributed by atoms with Gasteiger partial charge in [0.05, 0.1) is 5.60 Å². The van der Waals surface area contributed by atoms with E-state index in [0.29, 0.717) is 13.0 Å². The smallest absolute Gasteiger partial charge is 0.121 e. The minimum Gasteiger partial charge on any atom is -0.508 e. The third kappa shape index (κ3) is 2.05. The Labute approximate surface area is 84.5 Å². The van der Waals surface area contributed by atoms with Gasteiger partial charge in [0.15, 0.2) is 0 Å². The molecule has 0 fully saturated rings. The summed E-state index contributed by atoms with van der Waals surface area (Å²) in [5.41, 5.74) is 5.80. The largest absolute Gasteiger partial charge is 0.508 e. The van der Waals surface area contributed by atoms with E-state index in [1.807, 2.05) is 19.1 Å². The van der Waals surface area contributed by atoms with E-state index < -0.39 is 5.60 Å². The molecule has 0 spiro atoms. The van der Waals surface area contributed by atoms with Crippen molar-refractivity contribution in [3.8, 4) is 5.75 Å². The molecule has 0 amide bonds. The summed E-state index contributed by atoms with van der Waals surface area (Å²) in [5.74, 6) is 0.255. The highest BCUT2D eigenvalue weighted by atomic mass is 16.5. The number of benzene rings is 1. The molecule has 1 unspecified atom stereocenters. The molecule has 0 aliphatic carbocycles. The Bertz CT molecular complexity index is 301. The topological polar surface area (TPSA) is 55.5 Å². The van der Waals surface area contributed by atoms with Crippen LogP contribution >= 0.6 is 0 Å². The molecule has 1 aromatic rings. The fraction of sp³-hybridized carbons (Fsp3) is 0.455. The molecule has 3 nitrogen and oxygen atoms in total. The first-order valence-corrected chi connectivity index (χ1v) is 4.68. The quantitative estimate of drug-likeness (QED) is 0.767. The van der Waals surface area contributed by atoms with Crippen LogP contribution in [0.2, 0.25) is 0 Å². The summed E-state index contributed by atoms with van der Waals surface area (Å²) in [5, 5.41) is 9.68. The number of nitrogens with two attached hydrogens (primary N) is 1. The Balaban J connectivity index is 3.05. The zero-order valence-corrected chi connectivity index (χ0v) is 8.66. The van der Waals surface area contributed by atoms with Crippen molar-refractivity contribution in [2.45, 2.75) is 18.9 Å². The average Bonchev–Trinajstić information content (AvgIpc) is 2.18. The van der Waals surface area contributed by atoms with Crippen molar-refractivity contribution >= 4 is 0 Å². The molecular formula is C11H17NO2. The summed E-state index contributed by atoms with van der Waals surface area (Å²) in [6, 6.07) is 7.18. The molecule has 14 heavy (non-hydrogen) atoms. The van der Waals surface area contributed by atoms with Crippen molar-refractivity contribution < 1.29 is 9.84 Å². The van der Waals surface area contributed by atoms with Crippen LogP contribution in [0, 0.1) is 0 Å². The Morgan fingerprint density at radius 2 is 2.07 bits per heavy atom. The van der Waals surface area contributed by atoms with E-state index >= 15 is 0 Å². The first-order chi connectivity index (χ1) is 6.64. The number of phenolic OH excluding ortho intramolecular Hbond substituents is 1. The number of hydrogen-bond donors (Lipinski definition) is 2. The van der Waals surface area contributed by atoms with Gasteiger partial charge in [0.1, 0.15) is 5.75 Å². The number of aromatic hydroxyl groups is 1. The van der Waals surface area contributed by atoms with E-state index in [4.69, 9.17) is 10.5 Å². The fourth-order valence-electron chi connectivity index (χ4n) is 1.54. The molecule has 78 valence electrons. The van der Waals surface area contributed by atoms with Crippen LogP contribution in [0.5, 0.6) is 5.75 Å². The third-order valence-corrected chi connectivity index (χ3v) is 2.55. The van der Waals surface area contributed by atoms with Crippen LogP contribution < -0.4 is 5.73 Å². The maximum atomic E-state index is 9.68. The molecule has 1 atom stereocenters. The first-order valence-electron chi connectivity index (χ1n) is 4.68. The van der Waals surface area contributed by atoms with Crippen LogP contribution in [0.1, 0.15) is 18.9 Å². The summed E-state index contributed by atoms with van der Waals surface area (Å²) in [6.45, 7) is 2.45. The lowest BCUT2D eigenvalue weighted by molar-refractivity contribution is -0.00510. The lowest BCUT2D eigenvalue weighted by Crippen LogP contribution is -2.27. The molecule has 0 heterocycles. The monoisotopic (exact) mass is 195 g/mol. The highest BCUT2D eigenvalue weighted by Gasteiger charge is 2.27. The van der Waals surface area contributed by atoms with Crippen molar-refractivity contribution in [1.82, 2.24) is 0 Å². The third-order valence-electron chi connectivity index (χ3n) is 2.55. The van der Waals surface area contributed by atoms with Crippen molar-refractivity contribution in [2.24, 2.45) is 5.73 Å². The molecule has 0 saturated heterocycles. The van der Waals surface area contributed by atoms with Crippen LogP contribution in [0.15, 0.2) is 24.3 Å². The van der Waals surface area contributed by atoms with Crippen LogP contribution in [-0.2, 0) is 10.3 Å². The lowest BCUT2D eigenvalue weighted by atomic mass is 9.91. The number of methoxy groups -OCH3 is 1. The van der Waals surface area contributed by atoms with Crippen molar-refractivity contribution in [2.75, 3.05) is 13.7 Å². The molecule has 0 aromatic heterocycles. The van der Waals surface area contributed by atoms with E-state index in [9.17, 15) is 5.11 Å². The van der Waals surface area contributed by atoms with Crippen molar-refractivity contribution in [1.29, 1.82) is 0 Å². The molecule has 0 radical (unpaired) electrons. The molecule has 0 bridgehead atoms. The van der Waals surface area contributed by atoms with E-state index in [2.05, 4.69) is 0 Å². The minimum absolute atomic E-state index is 0.255. The van der Waals surface area contributed by atoms with Gasteiger partial charge in [-0.05, 0) is 26.0 Å². The van der Waals surface area contributed by atoms with Gasteiger partial charge in [-0.25, -0.2) is 0 Å². The van der Waals surface area contributed by atoms with Crippen LogP contribution in [0.4, 0.5) is 0 Å². The van der Waals surface area contributed by atoms with Crippen LogP contribution in [0.3, 0.4) is 0 Å². The van der Waals surface area contributed by atoms with Gasteiger partial charge in [0.25, 0.3) is 0 Å². The summed E-state index contributed by atoms with van der Waals surface area (Å²) < 4.78 is 5.41. The second-order valence-corrected chi connectivity index (χ2v) is 3.49. The lowest BCUT2D eigenvalue weighted by Gasteiger charge is -2.28. The van der Waals surface area contributed by atoms with Gasteiger partial charge in [-0.2, -0.15) is 0 Å². The summed E-state index contributed by atoms with van der Waals surface area (Å²) in [4.78, 5) is 0. The summed E-state index contributed by atoms with van der Waals surface area (Å²) in [7, 11) is 1.63. The van der Waals surface area contributed by atoms with E-state index in [1.54, 1.807) is 19.2 Å². The number of para-hydroxylation sites is 1. The summed E-state index contributed by atoms with van der Waals surface area (Å²) in [6.07, 6.45) is 0.682.